The number of hydrogen-bond acceptors (Lipinski definition) is 2. The van der Waals surface area contributed by atoms with Crippen LogP contribution in [0.2, 0.25) is 0 Å². The van der Waals surface area contributed by atoms with E-state index in [1.54, 1.807) is 26.0 Å². The number of carbonyl (C=O) groups is 1. The molecule has 0 heterocycles. The van der Waals surface area contributed by atoms with Crippen molar-refractivity contribution >= 4 is 11.9 Å². The first kappa shape index (κ1) is 16.8. The summed E-state index contributed by atoms with van der Waals surface area (Å²) in [4.78, 5) is 17.4. The summed E-state index contributed by atoms with van der Waals surface area (Å²) in [5, 5.41) is 6.54. The van der Waals surface area contributed by atoms with E-state index in [2.05, 4.69) is 29.5 Å². The van der Waals surface area contributed by atoms with Crippen molar-refractivity contribution in [2.24, 2.45) is 16.8 Å². The largest absolute Gasteiger partial charge is 0.354 e. The molecule has 1 fully saturated rings. The van der Waals surface area contributed by atoms with E-state index in [0.717, 1.165) is 17.8 Å². The molecule has 2 N–H and O–H groups in total. The van der Waals surface area contributed by atoms with Crippen molar-refractivity contribution in [1.82, 2.24) is 15.5 Å². The zero-order valence-corrected chi connectivity index (χ0v) is 13.6. The molecule has 0 spiro atoms. The quantitative estimate of drug-likeness (QED) is 0.606. The molecule has 2 unspecified atom stereocenters. The van der Waals surface area contributed by atoms with Gasteiger partial charge in [-0.3, -0.25) is 9.79 Å². The summed E-state index contributed by atoms with van der Waals surface area (Å²) in [7, 11) is 5.27. The highest BCUT2D eigenvalue weighted by molar-refractivity contribution is 5.86. The van der Waals surface area contributed by atoms with Crippen molar-refractivity contribution in [3.8, 4) is 0 Å². The monoisotopic (exact) mass is 282 g/mol. The lowest BCUT2D eigenvalue weighted by atomic mass is 9.79. The number of nitrogens with one attached hydrogen (secondary N) is 2. The molecule has 1 amide bonds. The van der Waals surface area contributed by atoms with Gasteiger partial charge in [-0.15, -0.1) is 0 Å². The van der Waals surface area contributed by atoms with Crippen molar-refractivity contribution in [3.63, 3.8) is 0 Å². The Morgan fingerprint density at radius 1 is 1.35 bits per heavy atom. The molecular formula is C15H30N4O. The lowest BCUT2D eigenvalue weighted by Gasteiger charge is -2.33. The summed E-state index contributed by atoms with van der Waals surface area (Å²) < 4.78 is 0. The normalized spacial score (nSPS) is 23.6. The number of carbonyl (C=O) groups excluding carboxylic acids is 1. The minimum atomic E-state index is 0.0525. The Kier molecular flexibility index (Phi) is 6.82. The van der Waals surface area contributed by atoms with Crippen LogP contribution in [-0.4, -0.2) is 50.5 Å². The van der Waals surface area contributed by atoms with Crippen molar-refractivity contribution in [3.05, 3.63) is 0 Å². The van der Waals surface area contributed by atoms with E-state index in [-0.39, 0.29) is 12.5 Å². The minimum absolute atomic E-state index is 0.0525. The van der Waals surface area contributed by atoms with Crippen LogP contribution in [0.25, 0.3) is 0 Å². The fourth-order valence-corrected chi connectivity index (χ4v) is 2.67. The van der Waals surface area contributed by atoms with Crippen molar-refractivity contribution in [2.75, 3.05) is 27.7 Å². The average molecular weight is 282 g/mol. The van der Waals surface area contributed by atoms with Gasteiger partial charge in [0, 0.05) is 27.2 Å². The number of hydrogen-bond donors (Lipinski definition) is 2. The Bertz CT molecular complexity index is 339. The number of guanidine groups is 1. The zero-order chi connectivity index (χ0) is 15.1. The van der Waals surface area contributed by atoms with Crippen LogP contribution in [0.5, 0.6) is 0 Å². The van der Waals surface area contributed by atoms with Gasteiger partial charge in [0.05, 0.1) is 6.54 Å². The molecule has 20 heavy (non-hydrogen) atoms. The molecule has 5 heteroatoms. The highest BCUT2D eigenvalue weighted by Crippen LogP contribution is 2.29. The molecule has 0 aliphatic heterocycles. The number of rotatable bonds is 4. The van der Waals surface area contributed by atoms with Gasteiger partial charge in [-0.05, 0) is 24.7 Å². The topological polar surface area (TPSA) is 56.7 Å². The maximum Gasteiger partial charge on any atom is 0.241 e. The van der Waals surface area contributed by atoms with Crippen LogP contribution >= 0.6 is 0 Å². The van der Waals surface area contributed by atoms with Gasteiger partial charge in [-0.2, -0.15) is 0 Å². The van der Waals surface area contributed by atoms with E-state index in [4.69, 9.17) is 0 Å². The van der Waals surface area contributed by atoms with Crippen LogP contribution in [0.1, 0.15) is 39.5 Å². The van der Waals surface area contributed by atoms with Crippen LogP contribution in [-0.2, 0) is 4.79 Å². The van der Waals surface area contributed by atoms with Crippen molar-refractivity contribution in [1.29, 1.82) is 0 Å². The molecule has 0 bridgehead atoms. The Morgan fingerprint density at radius 2 is 2.05 bits per heavy atom. The molecule has 0 aromatic rings. The molecule has 2 atom stereocenters. The lowest BCUT2D eigenvalue weighted by Crippen LogP contribution is -2.48. The van der Waals surface area contributed by atoms with Crippen molar-refractivity contribution < 1.29 is 4.79 Å². The third kappa shape index (κ3) is 5.39. The molecule has 1 aliphatic carbocycles. The molecule has 5 nitrogen and oxygen atoms in total. The van der Waals surface area contributed by atoms with Gasteiger partial charge < -0.3 is 15.5 Å². The third-order valence-electron chi connectivity index (χ3n) is 4.13. The third-order valence-corrected chi connectivity index (χ3v) is 4.13. The summed E-state index contributed by atoms with van der Waals surface area (Å²) in [6.07, 6.45) is 4.99. The molecule has 1 rings (SSSR count). The van der Waals surface area contributed by atoms with E-state index >= 15 is 0 Å². The molecule has 0 radical (unpaired) electrons. The second-order valence-corrected chi connectivity index (χ2v) is 6.23. The van der Waals surface area contributed by atoms with E-state index in [1.807, 2.05) is 0 Å². The summed E-state index contributed by atoms with van der Waals surface area (Å²) in [5.74, 6) is 2.32. The number of aliphatic imine (C=N–C) groups is 1. The SMILES string of the molecule is CN=C(NCC(=O)N(C)C)NC1CCCC(C(C)C)C1. The summed E-state index contributed by atoms with van der Waals surface area (Å²) >= 11 is 0. The van der Waals surface area contributed by atoms with Crippen LogP contribution < -0.4 is 10.6 Å². The Morgan fingerprint density at radius 3 is 2.60 bits per heavy atom. The number of nitrogens with zero attached hydrogens (tertiary/aromatic N) is 2. The Hall–Kier alpha value is -1.26. The first-order valence-electron chi connectivity index (χ1n) is 7.61. The summed E-state index contributed by atoms with van der Waals surface area (Å²) in [6.45, 7) is 4.89. The fraction of sp³-hybridized carbons (Fsp3) is 0.867. The predicted octanol–water partition coefficient (Wildman–Crippen LogP) is 1.45. The molecule has 1 saturated carbocycles. The lowest BCUT2D eigenvalue weighted by molar-refractivity contribution is -0.127. The van der Waals surface area contributed by atoms with Gasteiger partial charge in [0.15, 0.2) is 5.96 Å². The van der Waals surface area contributed by atoms with Gasteiger partial charge in [0.1, 0.15) is 0 Å². The molecule has 116 valence electrons. The average Bonchev–Trinajstić information content (AvgIpc) is 2.43. The summed E-state index contributed by atoms with van der Waals surface area (Å²) in [5.41, 5.74) is 0. The zero-order valence-electron chi connectivity index (χ0n) is 13.6. The maximum absolute atomic E-state index is 11.6. The standard InChI is InChI=1S/C15H30N4O/c1-11(2)12-7-6-8-13(9-12)18-15(16-3)17-10-14(20)19(4)5/h11-13H,6-10H2,1-5H3,(H2,16,17,18). The van der Waals surface area contributed by atoms with Crippen molar-refractivity contribution in [2.45, 2.75) is 45.6 Å². The van der Waals surface area contributed by atoms with Gasteiger partial charge in [-0.1, -0.05) is 26.7 Å². The Labute approximate surface area is 123 Å². The van der Waals surface area contributed by atoms with Gasteiger partial charge >= 0.3 is 0 Å². The van der Waals surface area contributed by atoms with Gasteiger partial charge in [0.25, 0.3) is 0 Å². The molecule has 0 aromatic heterocycles. The van der Waals surface area contributed by atoms with Gasteiger partial charge in [0.2, 0.25) is 5.91 Å². The second kappa shape index (κ2) is 8.12. The van der Waals surface area contributed by atoms with Crippen LogP contribution in [0.3, 0.4) is 0 Å². The Balaban J connectivity index is 2.42. The van der Waals surface area contributed by atoms with Crippen LogP contribution in [0.4, 0.5) is 0 Å². The highest BCUT2D eigenvalue weighted by Gasteiger charge is 2.24. The molecule has 0 aromatic carbocycles. The minimum Gasteiger partial charge on any atom is -0.354 e. The van der Waals surface area contributed by atoms with E-state index in [9.17, 15) is 4.79 Å². The molecular weight excluding hydrogens is 252 g/mol. The smallest absolute Gasteiger partial charge is 0.241 e. The summed E-state index contributed by atoms with van der Waals surface area (Å²) in [6, 6.07) is 0.469. The first-order chi connectivity index (χ1) is 9.43. The first-order valence-corrected chi connectivity index (χ1v) is 7.61. The van der Waals surface area contributed by atoms with E-state index < -0.39 is 0 Å². The predicted molar refractivity (Wildman–Crippen MR) is 83.8 cm³/mol. The number of amides is 1. The fourth-order valence-electron chi connectivity index (χ4n) is 2.67. The van der Waals surface area contributed by atoms with E-state index in [0.29, 0.717) is 6.04 Å². The second-order valence-electron chi connectivity index (χ2n) is 6.23. The van der Waals surface area contributed by atoms with E-state index in [1.165, 1.54) is 25.7 Å². The van der Waals surface area contributed by atoms with Crippen LogP contribution in [0, 0.1) is 11.8 Å². The maximum atomic E-state index is 11.6. The van der Waals surface area contributed by atoms with Gasteiger partial charge in [-0.25, -0.2) is 0 Å². The highest BCUT2D eigenvalue weighted by atomic mass is 16.2. The molecule has 0 saturated heterocycles. The van der Waals surface area contributed by atoms with Crippen LogP contribution in [0.15, 0.2) is 4.99 Å². The molecule has 1 aliphatic rings. The number of likely N-dealkylation sites (N-methyl/N-ethyl adjacent to an activating group) is 1.